The van der Waals surface area contributed by atoms with Gasteiger partial charge in [-0.2, -0.15) is 0 Å². The molecule has 1 aliphatic carbocycles. The molecule has 130 valence electrons. The van der Waals surface area contributed by atoms with Crippen LogP contribution in [0.4, 0.5) is 0 Å². The third-order valence-electron chi connectivity index (χ3n) is 4.82. The third kappa shape index (κ3) is 2.49. The van der Waals surface area contributed by atoms with Gasteiger partial charge in [-0.3, -0.25) is 9.59 Å². The van der Waals surface area contributed by atoms with Crippen LogP contribution in [0.25, 0.3) is 11.3 Å². The Balaban J connectivity index is 1.93. The number of aryl methyl sites for hydroxylation is 1. The number of fused-ring (bicyclic) bond motifs is 3. The van der Waals surface area contributed by atoms with E-state index in [0.29, 0.717) is 23.5 Å². The van der Waals surface area contributed by atoms with Crippen molar-refractivity contribution in [1.82, 2.24) is 9.55 Å². The first-order valence-corrected chi connectivity index (χ1v) is 8.81. The molecule has 0 unspecified atom stereocenters. The quantitative estimate of drug-likeness (QED) is 0.661. The number of aromatic nitrogens is 2. The van der Waals surface area contributed by atoms with Crippen molar-refractivity contribution in [3.8, 4) is 11.3 Å². The molecule has 2 aromatic carbocycles. The summed E-state index contributed by atoms with van der Waals surface area (Å²) in [6.45, 7) is 6.67. The van der Waals surface area contributed by atoms with E-state index in [0.717, 1.165) is 17.0 Å². The highest BCUT2D eigenvalue weighted by molar-refractivity contribution is 6.52. The minimum absolute atomic E-state index is 0.140. The van der Waals surface area contributed by atoms with Crippen LogP contribution in [0.1, 0.15) is 57.6 Å². The molecular weight excluding hydrogens is 324 g/mol. The van der Waals surface area contributed by atoms with Gasteiger partial charge in [-0.15, -0.1) is 0 Å². The number of Topliss-reactive ketones (excluding diaryl/α,β-unsaturated/α-hetero) is 2. The highest BCUT2D eigenvalue weighted by Gasteiger charge is 2.36. The van der Waals surface area contributed by atoms with Crippen molar-refractivity contribution in [3.63, 3.8) is 0 Å². The van der Waals surface area contributed by atoms with Crippen LogP contribution in [0.15, 0.2) is 48.5 Å². The molecule has 4 nitrogen and oxygen atoms in total. The molecule has 0 spiro atoms. The fourth-order valence-corrected chi connectivity index (χ4v) is 3.48. The fraction of sp³-hybridized carbons (Fsp3) is 0.227. The van der Waals surface area contributed by atoms with E-state index in [1.807, 2.05) is 23.6 Å². The Labute approximate surface area is 152 Å². The largest absolute Gasteiger partial charge is 0.320 e. The SMILES string of the molecule is Cc1ccc(Cn2c(C(C)C)nc3c2C(=O)C(=O)c2ccccc2-3)cc1. The lowest BCUT2D eigenvalue weighted by atomic mass is 9.90. The number of imidazole rings is 1. The zero-order valence-electron chi connectivity index (χ0n) is 15.1. The summed E-state index contributed by atoms with van der Waals surface area (Å²) in [4.78, 5) is 30.3. The van der Waals surface area contributed by atoms with E-state index < -0.39 is 11.6 Å². The predicted molar refractivity (Wildman–Crippen MR) is 101 cm³/mol. The average Bonchev–Trinajstić information content (AvgIpc) is 3.01. The van der Waals surface area contributed by atoms with Gasteiger partial charge in [0.05, 0.1) is 0 Å². The van der Waals surface area contributed by atoms with E-state index in [1.54, 1.807) is 12.1 Å². The molecule has 0 amide bonds. The number of carbonyl (C=O) groups excluding carboxylic acids is 2. The highest BCUT2D eigenvalue weighted by Crippen LogP contribution is 2.35. The summed E-state index contributed by atoms with van der Waals surface area (Å²) >= 11 is 0. The van der Waals surface area contributed by atoms with Crippen molar-refractivity contribution >= 4 is 11.6 Å². The average molecular weight is 344 g/mol. The van der Waals surface area contributed by atoms with Crippen molar-refractivity contribution in [2.24, 2.45) is 0 Å². The summed E-state index contributed by atoms with van der Waals surface area (Å²) in [6, 6.07) is 15.4. The van der Waals surface area contributed by atoms with Crippen LogP contribution in [0.5, 0.6) is 0 Å². The maximum Gasteiger partial charge on any atom is 0.252 e. The first-order chi connectivity index (χ1) is 12.5. The monoisotopic (exact) mass is 344 g/mol. The van der Waals surface area contributed by atoms with Gasteiger partial charge in [0.1, 0.15) is 17.2 Å². The topological polar surface area (TPSA) is 52.0 Å². The lowest BCUT2D eigenvalue weighted by Gasteiger charge is -2.17. The molecule has 4 rings (SSSR count). The van der Waals surface area contributed by atoms with E-state index in [9.17, 15) is 9.59 Å². The molecule has 0 bridgehead atoms. The molecule has 0 saturated heterocycles. The fourth-order valence-electron chi connectivity index (χ4n) is 3.48. The number of ketones is 2. The minimum atomic E-state index is -0.467. The Kier molecular flexibility index (Phi) is 3.83. The molecule has 26 heavy (non-hydrogen) atoms. The second-order valence-electron chi connectivity index (χ2n) is 7.10. The van der Waals surface area contributed by atoms with Gasteiger partial charge < -0.3 is 4.57 Å². The summed E-state index contributed by atoms with van der Waals surface area (Å²) in [7, 11) is 0. The van der Waals surface area contributed by atoms with Crippen molar-refractivity contribution in [1.29, 1.82) is 0 Å². The van der Waals surface area contributed by atoms with E-state index in [1.165, 1.54) is 5.56 Å². The highest BCUT2D eigenvalue weighted by atomic mass is 16.2. The third-order valence-corrected chi connectivity index (χ3v) is 4.82. The maximum absolute atomic E-state index is 12.9. The molecule has 3 aromatic rings. The maximum atomic E-state index is 12.9. The molecule has 1 aliphatic rings. The van der Waals surface area contributed by atoms with Gasteiger partial charge in [0.2, 0.25) is 5.78 Å². The van der Waals surface area contributed by atoms with Crippen LogP contribution in [0, 0.1) is 6.92 Å². The van der Waals surface area contributed by atoms with Crippen LogP contribution in [-0.2, 0) is 6.54 Å². The number of benzene rings is 2. The number of carbonyl (C=O) groups is 2. The van der Waals surface area contributed by atoms with Crippen LogP contribution in [0.2, 0.25) is 0 Å². The predicted octanol–water partition coefficient (Wildman–Crippen LogP) is 4.41. The van der Waals surface area contributed by atoms with Crippen LogP contribution in [0.3, 0.4) is 0 Å². The van der Waals surface area contributed by atoms with E-state index in [4.69, 9.17) is 4.98 Å². The van der Waals surface area contributed by atoms with E-state index >= 15 is 0 Å². The second kappa shape index (κ2) is 6.06. The van der Waals surface area contributed by atoms with Crippen molar-refractivity contribution in [2.45, 2.75) is 33.2 Å². The Morgan fingerprint density at radius 1 is 0.923 bits per heavy atom. The lowest BCUT2D eigenvalue weighted by molar-refractivity contribution is 0.0810. The van der Waals surface area contributed by atoms with E-state index in [-0.39, 0.29) is 5.92 Å². The molecular formula is C22H20N2O2. The molecule has 1 heterocycles. The van der Waals surface area contributed by atoms with Gasteiger partial charge >= 0.3 is 0 Å². The van der Waals surface area contributed by atoms with Crippen molar-refractivity contribution in [2.75, 3.05) is 0 Å². The molecule has 0 atom stereocenters. The number of hydrogen-bond donors (Lipinski definition) is 0. The Morgan fingerprint density at radius 3 is 2.23 bits per heavy atom. The van der Waals surface area contributed by atoms with Gasteiger partial charge in [0, 0.05) is 23.6 Å². The summed E-state index contributed by atoms with van der Waals surface area (Å²) < 4.78 is 1.92. The first-order valence-electron chi connectivity index (χ1n) is 8.81. The zero-order valence-corrected chi connectivity index (χ0v) is 15.1. The molecule has 4 heteroatoms. The summed E-state index contributed by atoms with van der Waals surface area (Å²) in [5.74, 6) is 0.0493. The zero-order chi connectivity index (χ0) is 18.4. The summed E-state index contributed by atoms with van der Waals surface area (Å²) in [6.07, 6.45) is 0. The van der Waals surface area contributed by atoms with Gasteiger partial charge in [-0.1, -0.05) is 67.9 Å². The van der Waals surface area contributed by atoms with Crippen LogP contribution >= 0.6 is 0 Å². The molecule has 0 radical (unpaired) electrons. The summed E-state index contributed by atoms with van der Waals surface area (Å²) in [5, 5.41) is 0. The number of nitrogens with zero attached hydrogens (tertiary/aromatic N) is 2. The molecule has 0 fully saturated rings. The molecule has 0 N–H and O–H groups in total. The van der Waals surface area contributed by atoms with Crippen molar-refractivity contribution in [3.05, 3.63) is 76.7 Å². The Hall–Kier alpha value is -3.01. The first kappa shape index (κ1) is 16.5. The lowest BCUT2D eigenvalue weighted by Crippen LogP contribution is -2.24. The van der Waals surface area contributed by atoms with Gasteiger partial charge in [0.15, 0.2) is 0 Å². The summed E-state index contributed by atoms with van der Waals surface area (Å²) in [5.41, 5.74) is 4.50. The Morgan fingerprint density at radius 2 is 1.58 bits per heavy atom. The van der Waals surface area contributed by atoms with Gasteiger partial charge in [-0.05, 0) is 12.5 Å². The van der Waals surface area contributed by atoms with Gasteiger partial charge in [-0.25, -0.2) is 4.98 Å². The molecule has 0 saturated carbocycles. The minimum Gasteiger partial charge on any atom is -0.320 e. The second-order valence-corrected chi connectivity index (χ2v) is 7.10. The van der Waals surface area contributed by atoms with Crippen LogP contribution < -0.4 is 0 Å². The number of hydrogen-bond acceptors (Lipinski definition) is 3. The Bertz CT molecular complexity index is 1030. The van der Waals surface area contributed by atoms with Gasteiger partial charge in [0.25, 0.3) is 5.78 Å². The van der Waals surface area contributed by atoms with E-state index in [2.05, 4.69) is 38.1 Å². The molecule has 1 aromatic heterocycles. The smallest absolute Gasteiger partial charge is 0.252 e. The normalized spacial score (nSPS) is 13.1. The molecule has 0 aliphatic heterocycles. The standard InChI is InChI=1S/C22H20N2O2/c1-13(2)22-23-18-16-6-4-5-7-17(16)20(25)21(26)19(18)24(22)12-15-10-8-14(3)9-11-15/h4-11,13H,12H2,1-3H3. The number of rotatable bonds is 3. The van der Waals surface area contributed by atoms with Crippen LogP contribution in [-0.4, -0.2) is 21.1 Å². The van der Waals surface area contributed by atoms with Crippen molar-refractivity contribution < 1.29 is 9.59 Å².